The van der Waals surface area contributed by atoms with Crippen LogP contribution >= 0.6 is 24.0 Å². The van der Waals surface area contributed by atoms with E-state index in [9.17, 15) is 0 Å². The van der Waals surface area contributed by atoms with Crippen LogP contribution in [0.2, 0.25) is 0 Å². The second-order valence-electron chi connectivity index (χ2n) is 6.60. The van der Waals surface area contributed by atoms with Crippen molar-refractivity contribution in [2.45, 2.75) is 25.8 Å². The van der Waals surface area contributed by atoms with Crippen molar-refractivity contribution in [3.05, 3.63) is 59.7 Å². The van der Waals surface area contributed by atoms with Gasteiger partial charge in [-0.15, -0.1) is 24.0 Å². The van der Waals surface area contributed by atoms with E-state index in [0.717, 1.165) is 62.0 Å². The third kappa shape index (κ3) is 9.67. The molecule has 2 aromatic carbocycles. The number of unbranched alkanes of at least 4 members (excludes halogenated alkanes) is 1. The zero-order chi connectivity index (χ0) is 20.7. The van der Waals surface area contributed by atoms with Crippen LogP contribution in [0.1, 0.15) is 24.0 Å². The Balaban J connectivity index is 0.00000450. The highest BCUT2D eigenvalue weighted by molar-refractivity contribution is 14.0. The molecule has 2 aromatic rings. The van der Waals surface area contributed by atoms with Crippen molar-refractivity contribution in [1.29, 1.82) is 0 Å². The first-order valence-corrected chi connectivity index (χ1v) is 10.0. The molecule has 0 heterocycles. The van der Waals surface area contributed by atoms with Gasteiger partial charge in [-0.2, -0.15) is 0 Å². The summed E-state index contributed by atoms with van der Waals surface area (Å²) in [5.41, 5.74) is 2.41. The first-order valence-electron chi connectivity index (χ1n) is 10.0. The third-order valence-electron chi connectivity index (χ3n) is 4.52. The minimum atomic E-state index is 0. The van der Waals surface area contributed by atoms with E-state index in [0.29, 0.717) is 6.54 Å². The zero-order valence-electron chi connectivity index (χ0n) is 18.1. The highest BCUT2D eigenvalue weighted by atomic mass is 127. The van der Waals surface area contributed by atoms with E-state index in [1.165, 1.54) is 5.56 Å². The average molecular weight is 527 g/mol. The van der Waals surface area contributed by atoms with Crippen LogP contribution in [0, 0.1) is 0 Å². The van der Waals surface area contributed by atoms with Gasteiger partial charge in [0.05, 0.1) is 20.8 Å². The van der Waals surface area contributed by atoms with Gasteiger partial charge in [0, 0.05) is 26.7 Å². The molecule has 166 valence electrons. The first kappa shape index (κ1) is 26.0. The summed E-state index contributed by atoms with van der Waals surface area (Å²) in [4.78, 5) is 4.27. The summed E-state index contributed by atoms with van der Waals surface area (Å²) < 4.78 is 16.3. The largest absolute Gasteiger partial charge is 0.493 e. The predicted octanol–water partition coefficient (Wildman–Crippen LogP) is 4.03. The van der Waals surface area contributed by atoms with Gasteiger partial charge >= 0.3 is 0 Å². The van der Waals surface area contributed by atoms with E-state index < -0.39 is 0 Å². The molecule has 0 saturated carbocycles. The highest BCUT2D eigenvalue weighted by Crippen LogP contribution is 2.27. The molecule has 0 radical (unpaired) electrons. The summed E-state index contributed by atoms with van der Waals surface area (Å²) in [5, 5.41) is 6.65. The molecule has 0 aliphatic heterocycles. The molecular weight excluding hydrogens is 493 g/mol. The lowest BCUT2D eigenvalue weighted by Gasteiger charge is -2.13. The van der Waals surface area contributed by atoms with E-state index in [-0.39, 0.29) is 24.0 Å². The number of hydrogen-bond donors (Lipinski definition) is 2. The molecule has 0 aliphatic rings. The Morgan fingerprint density at radius 2 is 1.63 bits per heavy atom. The predicted molar refractivity (Wildman–Crippen MR) is 133 cm³/mol. The van der Waals surface area contributed by atoms with E-state index in [1.54, 1.807) is 21.3 Å². The van der Waals surface area contributed by atoms with E-state index in [4.69, 9.17) is 14.2 Å². The van der Waals surface area contributed by atoms with Crippen LogP contribution in [0.4, 0.5) is 0 Å². The van der Waals surface area contributed by atoms with Gasteiger partial charge in [-0.3, -0.25) is 4.99 Å². The maximum absolute atomic E-state index is 5.72. The van der Waals surface area contributed by atoms with Crippen molar-refractivity contribution < 1.29 is 14.2 Å². The number of rotatable bonds is 12. The molecule has 0 aromatic heterocycles. The average Bonchev–Trinajstić information content (AvgIpc) is 2.78. The normalized spacial score (nSPS) is 10.8. The minimum absolute atomic E-state index is 0. The zero-order valence-corrected chi connectivity index (χ0v) is 20.5. The molecule has 7 heteroatoms. The van der Waals surface area contributed by atoms with Crippen molar-refractivity contribution in [3.8, 4) is 11.5 Å². The number of aliphatic imine (C=N–C) groups is 1. The molecule has 2 rings (SSSR count). The molecule has 0 atom stereocenters. The number of hydrogen-bond acceptors (Lipinski definition) is 4. The van der Waals surface area contributed by atoms with Gasteiger partial charge in [0.15, 0.2) is 17.5 Å². The molecule has 0 fully saturated rings. The smallest absolute Gasteiger partial charge is 0.191 e. The fourth-order valence-electron chi connectivity index (χ4n) is 2.87. The highest BCUT2D eigenvalue weighted by Gasteiger charge is 2.05. The summed E-state index contributed by atoms with van der Waals surface area (Å²) in [5.74, 6) is 2.23. The second-order valence-corrected chi connectivity index (χ2v) is 6.60. The van der Waals surface area contributed by atoms with Crippen LogP contribution in [0.5, 0.6) is 11.5 Å². The fourth-order valence-corrected chi connectivity index (χ4v) is 2.87. The van der Waals surface area contributed by atoms with Crippen molar-refractivity contribution in [1.82, 2.24) is 10.6 Å². The Morgan fingerprint density at radius 3 is 2.33 bits per heavy atom. The van der Waals surface area contributed by atoms with Crippen LogP contribution in [-0.4, -0.2) is 47.0 Å². The Bertz CT molecular complexity index is 742. The maximum atomic E-state index is 5.72. The topological polar surface area (TPSA) is 64.1 Å². The van der Waals surface area contributed by atoms with Crippen molar-refractivity contribution in [3.63, 3.8) is 0 Å². The monoisotopic (exact) mass is 527 g/mol. The number of methoxy groups -OCH3 is 2. The number of ether oxygens (including phenoxy) is 3. The van der Waals surface area contributed by atoms with Crippen LogP contribution in [0.25, 0.3) is 0 Å². The van der Waals surface area contributed by atoms with Crippen LogP contribution in [-0.2, 0) is 17.7 Å². The van der Waals surface area contributed by atoms with Gasteiger partial charge in [0.25, 0.3) is 0 Å². The van der Waals surface area contributed by atoms with Crippen LogP contribution in [0.3, 0.4) is 0 Å². The van der Waals surface area contributed by atoms with Gasteiger partial charge < -0.3 is 24.8 Å². The Hall–Kier alpha value is -2.00. The maximum Gasteiger partial charge on any atom is 0.191 e. The Morgan fingerprint density at radius 1 is 0.867 bits per heavy atom. The standard InChI is InChI=1S/C23H33N3O3.HI/c1-24-23(26-18-20-11-12-21(27-2)22(17-20)28-3)25-14-7-8-15-29-16-13-19-9-5-4-6-10-19;/h4-6,9-12,17H,7-8,13-16,18H2,1-3H3,(H2,24,25,26);1H. The quantitative estimate of drug-likeness (QED) is 0.189. The Kier molecular flexibility index (Phi) is 13.7. The van der Waals surface area contributed by atoms with Crippen LogP contribution < -0.4 is 20.1 Å². The minimum Gasteiger partial charge on any atom is -0.493 e. The lowest BCUT2D eigenvalue weighted by molar-refractivity contribution is 0.133. The molecular formula is C23H34IN3O3. The number of guanidine groups is 1. The molecule has 30 heavy (non-hydrogen) atoms. The van der Waals surface area contributed by atoms with E-state index in [2.05, 4.69) is 39.9 Å². The summed E-state index contributed by atoms with van der Waals surface area (Å²) >= 11 is 0. The summed E-state index contributed by atoms with van der Waals surface area (Å²) in [6.45, 7) is 3.06. The SMILES string of the molecule is CN=C(NCCCCOCCc1ccccc1)NCc1ccc(OC)c(OC)c1.I. The van der Waals surface area contributed by atoms with Crippen molar-refractivity contribution in [2.24, 2.45) is 4.99 Å². The summed E-state index contributed by atoms with van der Waals surface area (Å²) in [6, 6.07) is 16.3. The number of nitrogens with one attached hydrogen (secondary N) is 2. The molecule has 0 spiro atoms. The van der Waals surface area contributed by atoms with Crippen LogP contribution in [0.15, 0.2) is 53.5 Å². The van der Waals surface area contributed by atoms with Gasteiger partial charge in [-0.05, 0) is 42.5 Å². The summed E-state index contributed by atoms with van der Waals surface area (Å²) in [6.07, 6.45) is 3.02. The number of nitrogens with zero attached hydrogens (tertiary/aromatic N) is 1. The van der Waals surface area contributed by atoms with Gasteiger partial charge in [-0.1, -0.05) is 36.4 Å². The number of halogens is 1. The lowest BCUT2D eigenvalue weighted by Crippen LogP contribution is -2.37. The first-order chi connectivity index (χ1) is 14.3. The van der Waals surface area contributed by atoms with Crippen molar-refractivity contribution >= 4 is 29.9 Å². The molecule has 0 amide bonds. The molecule has 6 nitrogen and oxygen atoms in total. The van der Waals surface area contributed by atoms with Gasteiger partial charge in [-0.25, -0.2) is 0 Å². The number of benzene rings is 2. The molecule has 0 saturated heterocycles. The van der Waals surface area contributed by atoms with E-state index >= 15 is 0 Å². The fraction of sp³-hybridized carbons (Fsp3) is 0.435. The van der Waals surface area contributed by atoms with E-state index in [1.807, 2.05) is 24.3 Å². The molecule has 2 N–H and O–H groups in total. The van der Waals surface area contributed by atoms with Gasteiger partial charge in [0.2, 0.25) is 0 Å². The summed E-state index contributed by atoms with van der Waals surface area (Å²) in [7, 11) is 5.05. The Labute approximate surface area is 197 Å². The molecule has 0 aliphatic carbocycles. The lowest BCUT2D eigenvalue weighted by atomic mass is 10.2. The van der Waals surface area contributed by atoms with Gasteiger partial charge in [0.1, 0.15) is 0 Å². The molecule has 0 unspecified atom stereocenters. The molecule has 0 bridgehead atoms. The van der Waals surface area contributed by atoms with Crippen molar-refractivity contribution in [2.75, 3.05) is 41.0 Å². The third-order valence-corrected chi connectivity index (χ3v) is 4.52. The second kappa shape index (κ2) is 15.8.